The van der Waals surface area contributed by atoms with E-state index < -0.39 is 55.9 Å². The molecule has 3 aromatic rings. The lowest BCUT2D eigenvalue weighted by Crippen LogP contribution is -2.46. The van der Waals surface area contributed by atoms with Gasteiger partial charge in [-0.25, -0.2) is 26.6 Å². The number of sulfone groups is 1. The van der Waals surface area contributed by atoms with Gasteiger partial charge in [-0.2, -0.15) is 0 Å². The van der Waals surface area contributed by atoms with Crippen molar-refractivity contribution < 1.29 is 31.5 Å². The highest BCUT2D eigenvalue weighted by Gasteiger charge is 2.56. The number of hydrogen-bond donors (Lipinski definition) is 2. The molecule has 1 aromatic heterocycles. The smallest absolute Gasteiger partial charge is 0.255 e. The molecule has 2 aliphatic carbocycles. The third-order valence-corrected chi connectivity index (χ3v) is 10.5. The number of aromatic nitrogens is 1. The summed E-state index contributed by atoms with van der Waals surface area (Å²) in [6.07, 6.45) is 2.46. The van der Waals surface area contributed by atoms with Crippen molar-refractivity contribution in [2.75, 3.05) is 5.32 Å². The Labute approximate surface area is 234 Å². The minimum Gasteiger partial charge on any atom is -0.378 e. The number of anilines is 1. The van der Waals surface area contributed by atoms with Crippen LogP contribution in [0, 0.1) is 47.0 Å². The zero-order valence-electron chi connectivity index (χ0n) is 21.2. The van der Waals surface area contributed by atoms with E-state index in [0.29, 0.717) is 24.2 Å². The van der Waals surface area contributed by atoms with E-state index in [0.717, 1.165) is 6.07 Å². The first-order chi connectivity index (χ1) is 18.9. The van der Waals surface area contributed by atoms with Crippen molar-refractivity contribution >= 4 is 33.0 Å². The largest absolute Gasteiger partial charge is 0.378 e. The number of nitrogens with one attached hydrogen (secondary N) is 1. The van der Waals surface area contributed by atoms with Gasteiger partial charge in [-0.15, -0.1) is 0 Å². The average molecular weight is 589 g/mol. The molecule has 2 N–H and O–H groups in total. The molecular weight excluding hydrogens is 565 g/mol. The number of aliphatic hydroxyl groups is 1. The highest BCUT2D eigenvalue weighted by molar-refractivity contribution is 7.92. The SMILES string of the molecule is C[C@H]1CC2C[C@@](O)(C#Cc3ccccn3)CC1[C@@H]2S(=O)(=O)c1cc(C(=O)Nc2cc(F)c(F)c(F)c2)ccc1Cl. The Balaban J connectivity index is 1.42. The van der Waals surface area contributed by atoms with E-state index in [9.17, 15) is 31.5 Å². The normalized spacial score (nSPS) is 25.6. The van der Waals surface area contributed by atoms with Crippen molar-refractivity contribution in [1.82, 2.24) is 4.98 Å². The van der Waals surface area contributed by atoms with Crippen molar-refractivity contribution in [3.63, 3.8) is 0 Å². The number of pyridine rings is 1. The van der Waals surface area contributed by atoms with Crippen LogP contribution in [0.2, 0.25) is 5.02 Å². The summed E-state index contributed by atoms with van der Waals surface area (Å²) in [7, 11) is -4.08. The maximum atomic E-state index is 14.0. The molecule has 0 saturated heterocycles. The van der Waals surface area contributed by atoms with Crippen LogP contribution in [0.4, 0.5) is 18.9 Å². The second kappa shape index (κ2) is 10.5. The van der Waals surface area contributed by atoms with Crippen molar-refractivity contribution in [3.05, 3.63) is 88.5 Å². The molecule has 2 unspecified atom stereocenters. The molecule has 5 atom stereocenters. The molecule has 2 bridgehead atoms. The number of hydrogen-bond acceptors (Lipinski definition) is 5. The Morgan fingerprint density at radius 2 is 1.85 bits per heavy atom. The number of rotatable bonds is 4. The van der Waals surface area contributed by atoms with Crippen molar-refractivity contribution in [2.24, 2.45) is 17.8 Å². The van der Waals surface area contributed by atoms with Crippen LogP contribution in [-0.2, 0) is 9.84 Å². The standard InChI is InChI=1S/C29H24ClF3N2O4S/c1-16-10-18-14-29(37,8-7-19-4-2-3-9-34-19)15-21(16)27(18)40(38,39)25-11-17(5-6-22(25)30)28(36)35-20-12-23(31)26(33)24(32)13-20/h2-6,9,11-13,16,18,21,27,37H,10,14-15H2,1H3,(H,35,36)/t16-,18?,21?,27+,29-/m0/s1. The van der Waals surface area contributed by atoms with E-state index in [1.54, 1.807) is 24.4 Å². The van der Waals surface area contributed by atoms with E-state index in [-0.39, 0.29) is 39.9 Å². The van der Waals surface area contributed by atoms with Gasteiger partial charge in [-0.1, -0.05) is 30.5 Å². The van der Waals surface area contributed by atoms with Gasteiger partial charge in [0.05, 0.1) is 15.2 Å². The second-order valence-corrected chi connectivity index (χ2v) is 12.9. The van der Waals surface area contributed by atoms with E-state index in [1.165, 1.54) is 12.1 Å². The van der Waals surface area contributed by atoms with Gasteiger partial charge in [-0.05, 0) is 73.3 Å². The predicted molar refractivity (Wildman–Crippen MR) is 143 cm³/mol. The zero-order valence-corrected chi connectivity index (χ0v) is 22.7. The van der Waals surface area contributed by atoms with Crippen LogP contribution in [0.1, 0.15) is 42.2 Å². The first-order valence-corrected chi connectivity index (χ1v) is 14.5. The molecular formula is C29H24ClF3N2O4S. The van der Waals surface area contributed by atoms with Crippen LogP contribution < -0.4 is 5.32 Å². The van der Waals surface area contributed by atoms with Gasteiger partial charge in [-0.3, -0.25) is 4.79 Å². The summed E-state index contributed by atoms with van der Waals surface area (Å²) < 4.78 is 68.4. The molecule has 2 fully saturated rings. The molecule has 5 rings (SSSR count). The van der Waals surface area contributed by atoms with Crippen LogP contribution in [0.3, 0.4) is 0 Å². The molecule has 0 radical (unpaired) electrons. The molecule has 6 nitrogen and oxygen atoms in total. The fourth-order valence-electron chi connectivity index (χ4n) is 5.93. The molecule has 1 amide bonds. The van der Waals surface area contributed by atoms with Crippen LogP contribution >= 0.6 is 11.6 Å². The van der Waals surface area contributed by atoms with E-state index in [4.69, 9.17) is 11.6 Å². The molecule has 2 aromatic carbocycles. The van der Waals surface area contributed by atoms with Gasteiger partial charge in [0.1, 0.15) is 11.3 Å². The summed E-state index contributed by atoms with van der Waals surface area (Å²) >= 11 is 6.32. The average Bonchev–Trinajstić information content (AvgIpc) is 3.13. The number of benzene rings is 2. The van der Waals surface area contributed by atoms with Gasteiger partial charge >= 0.3 is 0 Å². The number of carbonyl (C=O) groups excluding carboxylic acids is 1. The molecule has 0 aliphatic heterocycles. The van der Waals surface area contributed by atoms with Crippen LogP contribution in [0.5, 0.6) is 0 Å². The fraction of sp³-hybridized carbons (Fsp3) is 0.310. The first-order valence-electron chi connectivity index (χ1n) is 12.5. The summed E-state index contributed by atoms with van der Waals surface area (Å²) in [5.74, 6) is -0.536. The molecule has 1 heterocycles. The molecule has 11 heteroatoms. The quantitative estimate of drug-likeness (QED) is 0.314. The number of carbonyl (C=O) groups is 1. The third kappa shape index (κ3) is 5.33. The molecule has 0 spiro atoms. The highest BCUT2D eigenvalue weighted by Crippen LogP contribution is 2.53. The summed E-state index contributed by atoms with van der Waals surface area (Å²) in [6.45, 7) is 1.94. The lowest BCUT2D eigenvalue weighted by atomic mass is 9.76. The van der Waals surface area contributed by atoms with Crippen molar-refractivity contribution in [3.8, 4) is 11.8 Å². The predicted octanol–water partition coefficient (Wildman–Crippen LogP) is 5.40. The summed E-state index contributed by atoms with van der Waals surface area (Å²) in [4.78, 5) is 16.7. The van der Waals surface area contributed by atoms with Crippen molar-refractivity contribution in [1.29, 1.82) is 0 Å². The first kappa shape index (κ1) is 28.1. The number of amides is 1. The summed E-state index contributed by atoms with van der Waals surface area (Å²) in [6, 6.07) is 10.1. The molecule has 40 heavy (non-hydrogen) atoms. The number of nitrogens with zero attached hydrogens (tertiary/aromatic N) is 1. The van der Waals surface area contributed by atoms with Gasteiger partial charge in [0, 0.05) is 29.6 Å². The van der Waals surface area contributed by atoms with Gasteiger partial charge < -0.3 is 10.4 Å². The van der Waals surface area contributed by atoms with Crippen molar-refractivity contribution in [2.45, 2.75) is 41.9 Å². The van der Waals surface area contributed by atoms with E-state index in [1.807, 2.05) is 6.92 Å². The maximum absolute atomic E-state index is 14.0. The Kier molecular flexibility index (Phi) is 7.42. The number of halogens is 4. The molecule has 2 aliphatic rings. The van der Waals surface area contributed by atoms with E-state index >= 15 is 0 Å². The fourth-order valence-corrected chi connectivity index (χ4v) is 8.83. The topological polar surface area (TPSA) is 96.4 Å². The highest BCUT2D eigenvalue weighted by atomic mass is 35.5. The Bertz CT molecular complexity index is 1640. The Hall–Kier alpha value is -3.39. The monoisotopic (exact) mass is 588 g/mol. The van der Waals surface area contributed by atoms with E-state index in [2.05, 4.69) is 22.1 Å². The lowest BCUT2D eigenvalue weighted by Gasteiger charge is -2.38. The Morgan fingerprint density at radius 3 is 2.50 bits per heavy atom. The van der Waals surface area contributed by atoms with Gasteiger partial charge in [0.15, 0.2) is 27.3 Å². The Morgan fingerprint density at radius 1 is 1.12 bits per heavy atom. The van der Waals surface area contributed by atoms with Gasteiger partial charge in [0.2, 0.25) is 0 Å². The summed E-state index contributed by atoms with van der Waals surface area (Å²) in [5.41, 5.74) is -1.35. The molecule has 208 valence electrons. The third-order valence-electron chi connectivity index (χ3n) is 7.65. The van der Waals surface area contributed by atoms with Gasteiger partial charge in [0.25, 0.3) is 5.91 Å². The summed E-state index contributed by atoms with van der Waals surface area (Å²) in [5, 5.41) is 12.6. The zero-order chi connectivity index (χ0) is 28.8. The van der Waals surface area contributed by atoms with Crippen LogP contribution in [-0.4, -0.2) is 35.3 Å². The number of fused-ring (bicyclic) bond motifs is 2. The minimum atomic E-state index is -4.08. The minimum absolute atomic E-state index is 0.0102. The van der Waals surface area contributed by atoms with Crippen LogP contribution in [0.15, 0.2) is 59.6 Å². The second-order valence-electron chi connectivity index (χ2n) is 10.4. The van der Waals surface area contributed by atoms with Crippen LogP contribution in [0.25, 0.3) is 0 Å². The molecule has 2 saturated carbocycles. The lowest BCUT2D eigenvalue weighted by molar-refractivity contribution is 0.0311. The maximum Gasteiger partial charge on any atom is 0.255 e.